The SMILES string of the molecule is O=C(Nc1ncc2c3ccc(CN4CCN5CCC4CC5)cc3c(=O)n(C3CCC(O)CC3)c2n1)OCc1ccccc1. The van der Waals surface area contributed by atoms with E-state index in [1.807, 2.05) is 36.4 Å². The van der Waals surface area contributed by atoms with E-state index in [0.717, 1.165) is 41.5 Å². The van der Waals surface area contributed by atoms with Crippen molar-refractivity contribution in [2.75, 3.05) is 31.5 Å². The molecule has 4 aromatic rings. The van der Waals surface area contributed by atoms with Gasteiger partial charge >= 0.3 is 6.09 Å². The van der Waals surface area contributed by atoms with Gasteiger partial charge in [-0.25, -0.2) is 9.78 Å². The van der Waals surface area contributed by atoms with Crippen LogP contribution in [0.3, 0.4) is 0 Å². The topological polar surface area (TPSA) is 113 Å². The van der Waals surface area contributed by atoms with E-state index < -0.39 is 6.09 Å². The van der Waals surface area contributed by atoms with E-state index in [9.17, 15) is 14.7 Å². The molecule has 1 amide bonds. The maximum Gasteiger partial charge on any atom is 0.414 e. The molecule has 3 saturated heterocycles. The van der Waals surface area contributed by atoms with Crippen molar-refractivity contribution >= 4 is 33.8 Å². The summed E-state index contributed by atoms with van der Waals surface area (Å²) in [5, 5.41) is 15.0. The molecule has 0 spiro atoms. The van der Waals surface area contributed by atoms with E-state index in [0.29, 0.717) is 42.8 Å². The average molecular weight is 583 g/mol. The molecular formula is C33H38N6O4. The fraction of sp³-hybridized carbons (Fsp3) is 0.455. The number of aliphatic hydroxyl groups excluding tert-OH is 1. The Bertz CT molecular complexity index is 1680. The summed E-state index contributed by atoms with van der Waals surface area (Å²) < 4.78 is 7.14. The molecule has 4 aliphatic rings. The molecule has 0 atom stereocenters. The van der Waals surface area contributed by atoms with E-state index >= 15 is 0 Å². The van der Waals surface area contributed by atoms with Crippen molar-refractivity contribution in [1.29, 1.82) is 0 Å². The molecule has 1 saturated carbocycles. The molecule has 8 rings (SSSR count). The highest BCUT2D eigenvalue weighted by molar-refractivity contribution is 6.04. The minimum absolute atomic E-state index is 0.0808. The van der Waals surface area contributed by atoms with E-state index in [2.05, 4.69) is 32.2 Å². The quantitative estimate of drug-likeness (QED) is 0.321. The molecule has 4 fully saturated rings. The normalized spacial score (nSPS) is 24.2. The first-order valence-corrected chi connectivity index (χ1v) is 15.5. The molecule has 0 radical (unpaired) electrons. The number of hydrogen-bond donors (Lipinski definition) is 2. The van der Waals surface area contributed by atoms with Crippen LogP contribution in [0.2, 0.25) is 0 Å². The van der Waals surface area contributed by atoms with Gasteiger partial charge in [0.15, 0.2) is 0 Å². The maximum absolute atomic E-state index is 14.3. The van der Waals surface area contributed by atoms with Gasteiger partial charge < -0.3 is 14.7 Å². The lowest BCUT2D eigenvalue weighted by Crippen LogP contribution is -2.37. The van der Waals surface area contributed by atoms with Crippen molar-refractivity contribution in [3.63, 3.8) is 0 Å². The largest absolute Gasteiger partial charge is 0.444 e. The van der Waals surface area contributed by atoms with Gasteiger partial charge in [-0.15, -0.1) is 0 Å². The van der Waals surface area contributed by atoms with Crippen molar-refractivity contribution in [3.8, 4) is 0 Å². The maximum atomic E-state index is 14.3. The standard InChI is InChI=1S/C33H38N6O4/c40-26-9-7-25(8-10-26)39-30-29(19-34-32(35-30)36-33(42)43-21-22-4-2-1-3-5-22)27-11-6-23(18-28(27)31(39)41)20-38-17-16-37-14-12-24(38)13-15-37/h1-6,11,18-19,24-26,40H,7-10,12-17,20-21H2,(H,34,35,36,42). The number of hydrogen-bond acceptors (Lipinski definition) is 8. The predicted octanol–water partition coefficient (Wildman–Crippen LogP) is 4.45. The Morgan fingerprint density at radius 1 is 0.884 bits per heavy atom. The van der Waals surface area contributed by atoms with Gasteiger partial charge in [-0.05, 0) is 74.2 Å². The monoisotopic (exact) mass is 582 g/mol. The predicted molar refractivity (Wildman–Crippen MR) is 165 cm³/mol. The number of rotatable bonds is 6. The lowest BCUT2D eigenvalue weighted by atomic mass is 9.92. The van der Waals surface area contributed by atoms with Crippen molar-refractivity contribution in [2.45, 2.75) is 69.9 Å². The first kappa shape index (κ1) is 27.9. The molecule has 10 nitrogen and oxygen atoms in total. The lowest BCUT2D eigenvalue weighted by molar-refractivity contribution is 0.111. The highest BCUT2D eigenvalue weighted by atomic mass is 16.5. The highest BCUT2D eigenvalue weighted by Crippen LogP contribution is 2.32. The molecule has 3 aliphatic heterocycles. The molecule has 2 aromatic heterocycles. The van der Waals surface area contributed by atoms with Gasteiger partial charge in [-0.1, -0.05) is 42.5 Å². The second-order valence-corrected chi connectivity index (χ2v) is 12.2. The number of piperidine rings is 1. The minimum atomic E-state index is -0.665. The third-order valence-corrected chi connectivity index (χ3v) is 9.44. The smallest absolute Gasteiger partial charge is 0.414 e. The molecule has 43 heavy (non-hydrogen) atoms. The van der Waals surface area contributed by atoms with Gasteiger partial charge in [0.25, 0.3) is 5.56 Å². The molecule has 0 unspecified atom stereocenters. The average Bonchev–Trinajstić information content (AvgIpc) is 3.34. The van der Waals surface area contributed by atoms with E-state index in [4.69, 9.17) is 9.72 Å². The Balaban J connectivity index is 1.22. The van der Waals surface area contributed by atoms with Crippen LogP contribution < -0.4 is 10.9 Å². The van der Waals surface area contributed by atoms with Crippen LogP contribution in [0.15, 0.2) is 59.5 Å². The Labute approximate surface area is 250 Å². The Hall–Kier alpha value is -3.86. The molecule has 1 aliphatic carbocycles. The second-order valence-electron chi connectivity index (χ2n) is 12.2. The van der Waals surface area contributed by atoms with Gasteiger partial charge in [0.2, 0.25) is 5.95 Å². The number of amides is 1. The number of pyridine rings is 1. The van der Waals surface area contributed by atoms with E-state index in [1.165, 1.54) is 25.9 Å². The Morgan fingerprint density at radius 3 is 2.47 bits per heavy atom. The summed E-state index contributed by atoms with van der Waals surface area (Å²) in [6.45, 7) is 5.44. The highest BCUT2D eigenvalue weighted by Gasteiger charge is 2.29. The number of benzene rings is 2. The van der Waals surface area contributed by atoms with Crippen molar-refractivity contribution in [3.05, 3.63) is 76.2 Å². The summed E-state index contributed by atoms with van der Waals surface area (Å²) >= 11 is 0. The number of ether oxygens (including phenoxy) is 1. The number of nitrogens with zero attached hydrogens (tertiary/aromatic N) is 5. The third-order valence-electron chi connectivity index (χ3n) is 9.44. The summed E-state index contributed by atoms with van der Waals surface area (Å²) in [5.74, 6) is 0.0808. The van der Waals surface area contributed by atoms with E-state index in [1.54, 1.807) is 10.8 Å². The zero-order chi connectivity index (χ0) is 29.3. The van der Waals surface area contributed by atoms with Crippen LogP contribution >= 0.6 is 0 Å². The summed E-state index contributed by atoms with van der Waals surface area (Å²) in [6, 6.07) is 16.1. The molecule has 5 heterocycles. The van der Waals surface area contributed by atoms with Gasteiger partial charge in [-0.3, -0.25) is 19.6 Å². The van der Waals surface area contributed by atoms with Crippen LogP contribution in [0.25, 0.3) is 21.8 Å². The van der Waals surface area contributed by atoms with Gasteiger partial charge in [0.1, 0.15) is 12.3 Å². The fourth-order valence-electron chi connectivity index (χ4n) is 7.04. The van der Waals surface area contributed by atoms with Crippen molar-refractivity contribution < 1.29 is 14.6 Å². The molecular weight excluding hydrogens is 544 g/mol. The molecule has 224 valence electrons. The van der Waals surface area contributed by atoms with Crippen LogP contribution in [0, 0.1) is 0 Å². The van der Waals surface area contributed by atoms with Crippen LogP contribution in [0.5, 0.6) is 0 Å². The second kappa shape index (κ2) is 12.0. The van der Waals surface area contributed by atoms with Crippen molar-refractivity contribution in [2.24, 2.45) is 0 Å². The summed E-state index contributed by atoms with van der Waals surface area (Å²) in [4.78, 5) is 41.1. The summed E-state index contributed by atoms with van der Waals surface area (Å²) in [6.07, 6.45) is 5.69. The van der Waals surface area contributed by atoms with Gasteiger partial charge in [0.05, 0.1) is 6.10 Å². The van der Waals surface area contributed by atoms with E-state index in [-0.39, 0.29) is 30.3 Å². The molecule has 2 bridgehead atoms. The first-order chi connectivity index (χ1) is 21.0. The molecule has 2 N–H and O–H groups in total. The van der Waals surface area contributed by atoms with Crippen LogP contribution in [0.1, 0.15) is 55.7 Å². The summed E-state index contributed by atoms with van der Waals surface area (Å²) in [5.41, 5.74) is 2.40. The lowest BCUT2D eigenvalue weighted by Gasteiger charge is -2.31. The zero-order valence-electron chi connectivity index (χ0n) is 24.3. The molecule has 10 heteroatoms. The summed E-state index contributed by atoms with van der Waals surface area (Å²) in [7, 11) is 0. The van der Waals surface area contributed by atoms with Gasteiger partial charge in [-0.2, -0.15) is 4.98 Å². The van der Waals surface area contributed by atoms with Crippen LogP contribution in [-0.4, -0.2) is 73.9 Å². The number of nitrogens with one attached hydrogen (secondary N) is 1. The van der Waals surface area contributed by atoms with Crippen molar-refractivity contribution in [1.82, 2.24) is 24.3 Å². The number of aliphatic hydroxyl groups is 1. The number of anilines is 1. The number of aromatic nitrogens is 3. The van der Waals surface area contributed by atoms with Gasteiger partial charge in [0, 0.05) is 48.7 Å². The number of carbonyl (C=O) groups is 1. The molecule has 2 aromatic carbocycles. The third kappa shape index (κ3) is 5.87. The number of carbonyl (C=O) groups excluding carboxylic acids is 1. The first-order valence-electron chi connectivity index (χ1n) is 15.5. The minimum Gasteiger partial charge on any atom is -0.444 e. The Morgan fingerprint density at radius 2 is 1.67 bits per heavy atom. The van der Waals surface area contributed by atoms with Crippen LogP contribution in [-0.2, 0) is 17.9 Å². The number of fused-ring (bicyclic) bond motifs is 7. The Kier molecular flexibility index (Phi) is 7.81. The van der Waals surface area contributed by atoms with Crippen LogP contribution in [0.4, 0.5) is 10.7 Å². The zero-order valence-corrected chi connectivity index (χ0v) is 24.3. The fourth-order valence-corrected chi connectivity index (χ4v) is 7.04.